The number of carboxylic acid groups (broad SMARTS) is 1. The smallest absolute Gasteiger partial charge is 0.303 e. The molecule has 0 heterocycles. The van der Waals surface area contributed by atoms with Crippen molar-refractivity contribution < 1.29 is 14.7 Å². The van der Waals surface area contributed by atoms with Gasteiger partial charge in [0.15, 0.2) is 0 Å². The molecule has 1 atom stereocenters. The molecule has 0 saturated carbocycles. The van der Waals surface area contributed by atoms with Crippen molar-refractivity contribution in [3.05, 3.63) is 35.4 Å². The lowest BCUT2D eigenvalue weighted by Gasteiger charge is -2.28. The molecule has 1 amide bonds. The Kier molecular flexibility index (Phi) is 3.42. The first kappa shape index (κ1) is 11.6. The van der Waals surface area contributed by atoms with E-state index in [0.29, 0.717) is 13.0 Å². The van der Waals surface area contributed by atoms with Crippen LogP contribution in [0.5, 0.6) is 0 Å². The second kappa shape index (κ2) is 4.99. The lowest BCUT2D eigenvalue weighted by molar-refractivity contribution is -0.137. The molecule has 4 nitrogen and oxygen atoms in total. The molecular formula is C13H15NO3. The van der Waals surface area contributed by atoms with E-state index < -0.39 is 5.97 Å². The summed E-state index contributed by atoms with van der Waals surface area (Å²) in [5, 5.41) is 11.2. The average Bonchev–Trinajstić information content (AvgIpc) is 2.26. The Morgan fingerprint density at radius 3 is 2.82 bits per heavy atom. The number of aliphatic carboxylic acids is 1. The van der Waals surface area contributed by atoms with E-state index >= 15 is 0 Å². The minimum absolute atomic E-state index is 0.00842. The molecule has 1 aliphatic rings. The van der Waals surface area contributed by atoms with Gasteiger partial charge in [-0.15, -0.1) is 0 Å². The molecule has 0 saturated heterocycles. The van der Waals surface area contributed by atoms with Crippen LogP contribution in [0, 0.1) is 0 Å². The number of nitrogens with one attached hydrogen (secondary N) is 1. The van der Waals surface area contributed by atoms with Crippen LogP contribution >= 0.6 is 0 Å². The van der Waals surface area contributed by atoms with E-state index in [4.69, 9.17) is 5.11 Å². The number of benzene rings is 1. The highest BCUT2D eigenvalue weighted by atomic mass is 16.4. The average molecular weight is 233 g/mol. The van der Waals surface area contributed by atoms with Gasteiger partial charge in [-0.25, -0.2) is 0 Å². The van der Waals surface area contributed by atoms with Crippen molar-refractivity contribution in [1.29, 1.82) is 0 Å². The van der Waals surface area contributed by atoms with Crippen LogP contribution in [0.1, 0.15) is 29.9 Å². The van der Waals surface area contributed by atoms with Crippen molar-refractivity contribution in [2.45, 2.75) is 25.2 Å². The van der Waals surface area contributed by atoms with E-state index in [1.807, 2.05) is 24.3 Å². The summed E-state index contributed by atoms with van der Waals surface area (Å²) >= 11 is 0. The van der Waals surface area contributed by atoms with E-state index in [0.717, 1.165) is 12.0 Å². The number of carbonyl (C=O) groups excluding carboxylic acids is 1. The summed E-state index contributed by atoms with van der Waals surface area (Å²) in [6.07, 6.45) is 1.37. The molecule has 0 fully saturated rings. The summed E-state index contributed by atoms with van der Waals surface area (Å²) in [5.41, 5.74) is 2.33. The van der Waals surface area contributed by atoms with Crippen molar-refractivity contribution in [2.24, 2.45) is 0 Å². The van der Waals surface area contributed by atoms with Crippen molar-refractivity contribution in [1.82, 2.24) is 5.32 Å². The largest absolute Gasteiger partial charge is 0.481 e. The molecular weight excluding hydrogens is 218 g/mol. The SMILES string of the molecule is O=C(O)CCCNC(=O)C1Cc2ccccc21. The van der Waals surface area contributed by atoms with Crippen molar-refractivity contribution in [3.8, 4) is 0 Å². The van der Waals surface area contributed by atoms with Crippen molar-refractivity contribution >= 4 is 11.9 Å². The summed E-state index contributed by atoms with van der Waals surface area (Å²) in [6, 6.07) is 7.91. The number of hydrogen-bond acceptors (Lipinski definition) is 2. The second-order valence-corrected chi connectivity index (χ2v) is 4.24. The van der Waals surface area contributed by atoms with Gasteiger partial charge < -0.3 is 10.4 Å². The predicted octanol–water partition coefficient (Wildman–Crippen LogP) is 1.31. The highest BCUT2D eigenvalue weighted by Gasteiger charge is 2.31. The quantitative estimate of drug-likeness (QED) is 0.753. The molecule has 1 aliphatic carbocycles. The first-order valence-electron chi connectivity index (χ1n) is 5.76. The summed E-state index contributed by atoms with van der Waals surface area (Å²) in [4.78, 5) is 22.1. The highest BCUT2D eigenvalue weighted by Crippen LogP contribution is 2.34. The van der Waals surface area contributed by atoms with Gasteiger partial charge in [0.2, 0.25) is 5.91 Å². The number of carboxylic acids is 1. The molecule has 1 unspecified atom stereocenters. The fourth-order valence-corrected chi connectivity index (χ4v) is 2.07. The Bertz CT molecular complexity index is 442. The van der Waals surface area contributed by atoms with Crippen LogP contribution in [0.3, 0.4) is 0 Å². The van der Waals surface area contributed by atoms with E-state index in [2.05, 4.69) is 5.32 Å². The van der Waals surface area contributed by atoms with Gasteiger partial charge in [0, 0.05) is 13.0 Å². The maximum atomic E-state index is 11.8. The molecule has 2 rings (SSSR count). The van der Waals surface area contributed by atoms with Gasteiger partial charge in [-0.1, -0.05) is 24.3 Å². The zero-order valence-corrected chi connectivity index (χ0v) is 9.48. The van der Waals surface area contributed by atoms with Gasteiger partial charge in [-0.3, -0.25) is 9.59 Å². The molecule has 90 valence electrons. The van der Waals surface area contributed by atoms with Gasteiger partial charge in [0.1, 0.15) is 0 Å². The summed E-state index contributed by atoms with van der Waals surface area (Å²) in [6.45, 7) is 0.434. The minimum Gasteiger partial charge on any atom is -0.481 e. The number of rotatable bonds is 5. The van der Waals surface area contributed by atoms with E-state index in [-0.39, 0.29) is 18.2 Å². The predicted molar refractivity (Wildman–Crippen MR) is 62.8 cm³/mol. The third kappa shape index (κ3) is 2.64. The lowest BCUT2D eigenvalue weighted by Crippen LogP contribution is -2.36. The molecule has 2 N–H and O–H groups in total. The van der Waals surface area contributed by atoms with Crippen LogP contribution in [-0.4, -0.2) is 23.5 Å². The Labute approximate surface area is 99.6 Å². The Morgan fingerprint density at radius 1 is 1.35 bits per heavy atom. The Hall–Kier alpha value is -1.84. The van der Waals surface area contributed by atoms with Gasteiger partial charge in [-0.05, 0) is 24.0 Å². The van der Waals surface area contributed by atoms with E-state index in [1.54, 1.807) is 0 Å². The molecule has 1 aromatic carbocycles. The van der Waals surface area contributed by atoms with Crippen molar-refractivity contribution in [3.63, 3.8) is 0 Å². The van der Waals surface area contributed by atoms with Gasteiger partial charge in [0.25, 0.3) is 0 Å². The first-order valence-corrected chi connectivity index (χ1v) is 5.76. The molecule has 0 aliphatic heterocycles. The number of fused-ring (bicyclic) bond motifs is 1. The highest BCUT2D eigenvalue weighted by molar-refractivity contribution is 5.86. The summed E-state index contributed by atoms with van der Waals surface area (Å²) in [7, 11) is 0. The van der Waals surface area contributed by atoms with Crippen LogP contribution in [0.15, 0.2) is 24.3 Å². The molecule has 0 radical (unpaired) electrons. The minimum atomic E-state index is -0.826. The Balaban J connectivity index is 1.78. The number of carbonyl (C=O) groups is 2. The Morgan fingerprint density at radius 2 is 2.12 bits per heavy atom. The van der Waals surface area contributed by atoms with Crippen LogP contribution in [0.4, 0.5) is 0 Å². The molecule has 1 aromatic rings. The van der Waals surface area contributed by atoms with E-state index in [1.165, 1.54) is 5.56 Å². The van der Waals surface area contributed by atoms with Gasteiger partial charge >= 0.3 is 5.97 Å². The summed E-state index contributed by atoms with van der Waals surface area (Å²) < 4.78 is 0. The van der Waals surface area contributed by atoms with Crippen LogP contribution in [0.25, 0.3) is 0 Å². The van der Waals surface area contributed by atoms with Crippen LogP contribution < -0.4 is 5.32 Å². The lowest BCUT2D eigenvalue weighted by atomic mass is 9.77. The zero-order valence-electron chi connectivity index (χ0n) is 9.48. The third-order valence-corrected chi connectivity index (χ3v) is 3.04. The third-order valence-electron chi connectivity index (χ3n) is 3.04. The van der Waals surface area contributed by atoms with Crippen LogP contribution in [-0.2, 0) is 16.0 Å². The number of hydrogen-bond donors (Lipinski definition) is 2. The van der Waals surface area contributed by atoms with Crippen molar-refractivity contribution in [2.75, 3.05) is 6.54 Å². The molecule has 17 heavy (non-hydrogen) atoms. The van der Waals surface area contributed by atoms with Gasteiger partial charge in [0.05, 0.1) is 5.92 Å². The molecule has 0 bridgehead atoms. The fraction of sp³-hybridized carbons (Fsp3) is 0.385. The normalized spacial score (nSPS) is 16.8. The second-order valence-electron chi connectivity index (χ2n) is 4.24. The first-order chi connectivity index (χ1) is 8.18. The fourth-order valence-electron chi connectivity index (χ4n) is 2.07. The maximum absolute atomic E-state index is 11.8. The standard InChI is InChI=1S/C13H15NO3/c15-12(16)6-3-7-14-13(17)11-8-9-4-1-2-5-10(9)11/h1-2,4-5,11H,3,6-8H2,(H,14,17)(H,15,16). The zero-order chi connectivity index (χ0) is 12.3. The van der Waals surface area contributed by atoms with E-state index in [9.17, 15) is 9.59 Å². The topological polar surface area (TPSA) is 66.4 Å². The molecule has 0 spiro atoms. The number of amides is 1. The monoisotopic (exact) mass is 233 g/mol. The van der Waals surface area contributed by atoms with Gasteiger partial charge in [-0.2, -0.15) is 0 Å². The molecule has 0 aromatic heterocycles. The van der Waals surface area contributed by atoms with Crippen LogP contribution in [0.2, 0.25) is 0 Å². The maximum Gasteiger partial charge on any atom is 0.303 e. The summed E-state index contributed by atoms with van der Waals surface area (Å²) in [5.74, 6) is -0.863. The molecule has 4 heteroatoms.